The number of amides is 1. The Morgan fingerprint density at radius 1 is 1.04 bits per heavy atom. The number of nitrogens with one attached hydrogen (secondary N) is 1. The van der Waals surface area contributed by atoms with E-state index in [0.717, 1.165) is 22.2 Å². The van der Waals surface area contributed by atoms with Crippen LogP contribution in [0, 0.1) is 13.8 Å². The van der Waals surface area contributed by atoms with Crippen molar-refractivity contribution in [2.75, 3.05) is 6.54 Å². The molecule has 0 aliphatic rings. The lowest BCUT2D eigenvalue weighted by Gasteiger charge is -2.10. The summed E-state index contributed by atoms with van der Waals surface area (Å²) in [6.45, 7) is 5.11. The predicted octanol–water partition coefficient (Wildman–Crippen LogP) is 4.31. The molecule has 144 valence electrons. The molecular formula is C22H22BrN3O2. The fraction of sp³-hybridized carbons (Fsp3) is 0.227. The van der Waals surface area contributed by atoms with Gasteiger partial charge in [-0.3, -0.25) is 14.3 Å². The van der Waals surface area contributed by atoms with E-state index in [9.17, 15) is 9.59 Å². The quantitative estimate of drug-likeness (QED) is 0.440. The predicted molar refractivity (Wildman–Crippen MR) is 113 cm³/mol. The number of benzene rings is 2. The average Bonchev–Trinajstić information content (AvgIpc) is 3.02. The Morgan fingerprint density at radius 2 is 1.71 bits per heavy atom. The van der Waals surface area contributed by atoms with Gasteiger partial charge in [0.1, 0.15) is 0 Å². The molecule has 0 bridgehead atoms. The topological polar surface area (TPSA) is 64.0 Å². The van der Waals surface area contributed by atoms with Gasteiger partial charge in [0, 0.05) is 30.4 Å². The van der Waals surface area contributed by atoms with Crippen molar-refractivity contribution < 1.29 is 9.59 Å². The zero-order valence-corrected chi connectivity index (χ0v) is 17.5. The first-order valence-corrected chi connectivity index (χ1v) is 9.93. The second-order valence-corrected chi connectivity index (χ2v) is 7.53. The van der Waals surface area contributed by atoms with Crippen LogP contribution in [0.1, 0.15) is 44.0 Å². The molecule has 3 aromatic rings. The first-order valence-electron chi connectivity index (χ1n) is 9.14. The van der Waals surface area contributed by atoms with Gasteiger partial charge < -0.3 is 5.32 Å². The van der Waals surface area contributed by atoms with Gasteiger partial charge in [-0.1, -0.05) is 48.0 Å². The molecule has 0 fully saturated rings. The van der Waals surface area contributed by atoms with Gasteiger partial charge in [-0.05, 0) is 42.3 Å². The van der Waals surface area contributed by atoms with E-state index in [0.29, 0.717) is 29.8 Å². The second kappa shape index (κ2) is 8.97. The second-order valence-electron chi connectivity index (χ2n) is 6.68. The molecule has 0 atom stereocenters. The minimum atomic E-state index is -0.242. The number of ketones is 1. The van der Waals surface area contributed by atoms with Crippen LogP contribution < -0.4 is 5.32 Å². The van der Waals surface area contributed by atoms with E-state index < -0.39 is 0 Å². The molecule has 3 rings (SSSR count). The summed E-state index contributed by atoms with van der Waals surface area (Å²) in [6, 6.07) is 14.3. The van der Waals surface area contributed by atoms with E-state index in [1.165, 1.54) is 0 Å². The Bertz CT molecular complexity index is 974. The molecule has 1 aromatic heterocycles. The number of rotatable bonds is 7. The monoisotopic (exact) mass is 439 g/mol. The number of carbonyl (C=O) groups is 2. The Balaban J connectivity index is 1.63. The minimum absolute atomic E-state index is 0.150. The maximum absolute atomic E-state index is 12.8. The number of hydrogen-bond acceptors (Lipinski definition) is 3. The van der Waals surface area contributed by atoms with E-state index in [1.807, 2.05) is 36.9 Å². The van der Waals surface area contributed by atoms with E-state index in [2.05, 4.69) is 26.3 Å². The van der Waals surface area contributed by atoms with Crippen LogP contribution in [0.4, 0.5) is 0 Å². The van der Waals surface area contributed by atoms with E-state index in [-0.39, 0.29) is 11.7 Å². The van der Waals surface area contributed by atoms with Crippen LogP contribution in [0.25, 0.3) is 0 Å². The molecule has 28 heavy (non-hydrogen) atoms. The number of aryl methyl sites for hydroxylation is 3. The lowest BCUT2D eigenvalue weighted by molar-refractivity contribution is 0.0941. The summed E-state index contributed by atoms with van der Waals surface area (Å²) in [6.07, 6.45) is 2.67. The van der Waals surface area contributed by atoms with Crippen LogP contribution in [0.2, 0.25) is 0 Å². The molecular weight excluding hydrogens is 418 g/mol. The summed E-state index contributed by atoms with van der Waals surface area (Å²) < 4.78 is 2.82. The van der Waals surface area contributed by atoms with Crippen LogP contribution in [-0.4, -0.2) is 28.0 Å². The van der Waals surface area contributed by atoms with Crippen LogP contribution >= 0.6 is 15.9 Å². The molecule has 1 heterocycles. The molecule has 0 aliphatic heterocycles. The highest BCUT2D eigenvalue weighted by Gasteiger charge is 2.17. The highest BCUT2D eigenvalue weighted by Crippen LogP contribution is 2.16. The third kappa shape index (κ3) is 4.75. The van der Waals surface area contributed by atoms with Crippen molar-refractivity contribution in [3.63, 3.8) is 0 Å². The molecule has 0 saturated heterocycles. The van der Waals surface area contributed by atoms with Crippen molar-refractivity contribution in [3.8, 4) is 0 Å². The van der Waals surface area contributed by atoms with Gasteiger partial charge in [0.15, 0.2) is 5.78 Å². The lowest BCUT2D eigenvalue weighted by Crippen LogP contribution is -2.27. The fourth-order valence-electron chi connectivity index (χ4n) is 2.89. The van der Waals surface area contributed by atoms with Crippen LogP contribution in [0.3, 0.4) is 0 Å². The molecule has 6 heteroatoms. The third-order valence-corrected chi connectivity index (χ3v) is 5.24. The number of aromatic nitrogens is 2. The van der Waals surface area contributed by atoms with Crippen molar-refractivity contribution in [1.29, 1.82) is 0 Å². The first-order chi connectivity index (χ1) is 13.5. The molecule has 0 radical (unpaired) electrons. The summed E-state index contributed by atoms with van der Waals surface area (Å²) in [5.74, 6) is -0.392. The van der Waals surface area contributed by atoms with Gasteiger partial charge in [-0.25, -0.2) is 0 Å². The van der Waals surface area contributed by atoms with Gasteiger partial charge >= 0.3 is 0 Å². The standard InChI is InChI=1S/C22H22BrN3O2/c1-15-8-10-17(11-9-15)21(27)18-6-3-4-7-19(18)22(28)24-12-5-13-26-14-20(23)16(2)25-26/h3-4,6-11,14H,5,12-13H2,1-2H3,(H,24,28). The number of hydrogen-bond donors (Lipinski definition) is 1. The lowest BCUT2D eigenvalue weighted by atomic mass is 9.97. The van der Waals surface area contributed by atoms with Crippen molar-refractivity contribution >= 4 is 27.6 Å². The minimum Gasteiger partial charge on any atom is -0.352 e. The van der Waals surface area contributed by atoms with Gasteiger partial charge in [0.25, 0.3) is 5.91 Å². The van der Waals surface area contributed by atoms with Gasteiger partial charge in [0.05, 0.1) is 15.7 Å². The smallest absolute Gasteiger partial charge is 0.252 e. The number of carbonyl (C=O) groups excluding carboxylic acids is 2. The third-order valence-electron chi connectivity index (χ3n) is 4.47. The van der Waals surface area contributed by atoms with Gasteiger partial charge in [-0.2, -0.15) is 5.10 Å². The maximum Gasteiger partial charge on any atom is 0.252 e. The average molecular weight is 440 g/mol. The molecule has 0 saturated carbocycles. The van der Waals surface area contributed by atoms with E-state index in [4.69, 9.17) is 0 Å². The van der Waals surface area contributed by atoms with Gasteiger partial charge in [0.2, 0.25) is 0 Å². The number of nitrogens with zero attached hydrogens (tertiary/aromatic N) is 2. The summed E-state index contributed by atoms with van der Waals surface area (Å²) in [5.41, 5.74) is 3.40. The first kappa shape index (κ1) is 20.0. The Hall–Kier alpha value is -2.73. The molecule has 0 spiro atoms. The van der Waals surface area contributed by atoms with E-state index >= 15 is 0 Å². The normalized spacial score (nSPS) is 10.7. The Labute approximate surface area is 172 Å². The van der Waals surface area contributed by atoms with Crippen LogP contribution in [0.5, 0.6) is 0 Å². The highest BCUT2D eigenvalue weighted by atomic mass is 79.9. The number of halogens is 1. The fourth-order valence-corrected chi connectivity index (χ4v) is 3.20. The van der Waals surface area contributed by atoms with Crippen LogP contribution in [0.15, 0.2) is 59.2 Å². The van der Waals surface area contributed by atoms with Crippen molar-refractivity contribution in [2.24, 2.45) is 0 Å². The van der Waals surface area contributed by atoms with E-state index in [1.54, 1.807) is 36.4 Å². The van der Waals surface area contributed by atoms with Gasteiger partial charge in [-0.15, -0.1) is 0 Å². The Morgan fingerprint density at radius 3 is 2.36 bits per heavy atom. The molecule has 0 aliphatic carbocycles. The van der Waals surface area contributed by atoms with Crippen LogP contribution in [-0.2, 0) is 6.54 Å². The zero-order chi connectivity index (χ0) is 20.1. The molecule has 1 amide bonds. The zero-order valence-electron chi connectivity index (χ0n) is 15.9. The molecule has 2 aromatic carbocycles. The van der Waals surface area contributed by atoms with Crippen molar-refractivity contribution in [3.05, 3.63) is 87.1 Å². The highest BCUT2D eigenvalue weighted by molar-refractivity contribution is 9.10. The summed E-state index contributed by atoms with van der Waals surface area (Å²) in [4.78, 5) is 25.5. The molecule has 1 N–H and O–H groups in total. The Kier molecular flexibility index (Phi) is 6.41. The van der Waals surface area contributed by atoms with Crippen molar-refractivity contribution in [2.45, 2.75) is 26.8 Å². The molecule has 5 nitrogen and oxygen atoms in total. The summed E-state index contributed by atoms with van der Waals surface area (Å²) in [7, 11) is 0. The van der Waals surface area contributed by atoms with Crippen molar-refractivity contribution in [1.82, 2.24) is 15.1 Å². The molecule has 0 unspecified atom stereocenters. The maximum atomic E-state index is 12.8. The SMILES string of the molecule is Cc1ccc(C(=O)c2ccccc2C(=O)NCCCn2cc(Br)c(C)n2)cc1. The largest absolute Gasteiger partial charge is 0.352 e. The summed E-state index contributed by atoms with van der Waals surface area (Å²) >= 11 is 3.44. The summed E-state index contributed by atoms with van der Waals surface area (Å²) in [5, 5.41) is 7.28.